The summed E-state index contributed by atoms with van der Waals surface area (Å²) in [7, 11) is 0. The molecule has 4 heteroatoms. The first kappa shape index (κ1) is 19.4. The molecule has 3 rings (SSSR count). The predicted molar refractivity (Wildman–Crippen MR) is 111 cm³/mol. The van der Waals surface area contributed by atoms with Gasteiger partial charge in [-0.05, 0) is 37.6 Å². The van der Waals surface area contributed by atoms with Crippen molar-refractivity contribution in [2.45, 2.75) is 19.8 Å². The summed E-state index contributed by atoms with van der Waals surface area (Å²) in [5.41, 5.74) is 2.78. The molecule has 0 unspecified atom stereocenters. The third-order valence-electron chi connectivity index (χ3n) is 4.32. The number of aryl methyl sites for hydroxylation is 1. The molecule has 142 valence electrons. The Morgan fingerprint density at radius 1 is 0.857 bits per heavy atom. The van der Waals surface area contributed by atoms with Crippen LogP contribution in [-0.2, 0) is 4.79 Å². The van der Waals surface area contributed by atoms with Crippen LogP contribution in [0.25, 0.3) is 0 Å². The maximum Gasteiger partial charge on any atom is 0.224 e. The summed E-state index contributed by atoms with van der Waals surface area (Å²) < 4.78 is 5.65. The molecule has 0 aromatic heterocycles. The van der Waals surface area contributed by atoms with E-state index >= 15 is 0 Å². The van der Waals surface area contributed by atoms with E-state index in [2.05, 4.69) is 5.32 Å². The van der Waals surface area contributed by atoms with Crippen LogP contribution in [0.1, 0.15) is 34.3 Å². The van der Waals surface area contributed by atoms with Gasteiger partial charge in [0.05, 0.1) is 12.3 Å². The number of hydrogen-bond donors (Lipinski definition) is 1. The van der Waals surface area contributed by atoms with E-state index in [-0.39, 0.29) is 11.7 Å². The summed E-state index contributed by atoms with van der Waals surface area (Å²) >= 11 is 0. The number of rotatable bonds is 8. The highest BCUT2D eigenvalue weighted by atomic mass is 16.5. The third kappa shape index (κ3) is 5.30. The Morgan fingerprint density at radius 3 is 2.29 bits per heavy atom. The molecule has 0 fully saturated rings. The van der Waals surface area contributed by atoms with E-state index in [1.54, 1.807) is 36.4 Å². The minimum absolute atomic E-state index is 0.112. The molecule has 1 N–H and O–H groups in total. The smallest absolute Gasteiger partial charge is 0.224 e. The number of para-hydroxylation sites is 1. The van der Waals surface area contributed by atoms with E-state index in [4.69, 9.17) is 4.74 Å². The summed E-state index contributed by atoms with van der Waals surface area (Å²) in [6.07, 6.45) is 0.911. The Balaban J connectivity index is 1.54. The van der Waals surface area contributed by atoms with Gasteiger partial charge in [0.1, 0.15) is 5.75 Å². The van der Waals surface area contributed by atoms with Gasteiger partial charge in [-0.2, -0.15) is 0 Å². The van der Waals surface area contributed by atoms with Crippen LogP contribution in [0.2, 0.25) is 0 Å². The van der Waals surface area contributed by atoms with E-state index in [1.807, 2.05) is 49.4 Å². The normalized spacial score (nSPS) is 10.3. The highest BCUT2D eigenvalue weighted by Crippen LogP contribution is 2.20. The van der Waals surface area contributed by atoms with Crippen molar-refractivity contribution >= 4 is 17.4 Å². The number of ketones is 1. The molecule has 0 radical (unpaired) electrons. The van der Waals surface area contributed by atoms with Crippen LogP contribution in [0.5, 0.6) is 5.75 Å². The number of nitrogens with one attached hydrogen (secondary N) is 1. The van der Waals surface area contributed by atoms with Crippen molar-refractivity contribution in [1.29, 1.82) is 0 Å². The first-order chi connectivity index (χ1) is 13.6. The number of ether oxygens (including phenoxy) is 1. The Bertz CT molecular complexity index is 934. The number of amides is 1. The lowest BCUT2D eigenvalue weighted by Crippen LogP contribution is -2.15. The van der Waals surface area contributed by atoms with Crippen LogP contribution in [0.4, 0.5) is 5.69 Å². The van der Waals surface area contributed by atoms with E-state index < -0.39 is 0 Å². The van der Waals surface area contributed by atoms with Crippen molar-refractivity contribution < 1.29 is 14.3 Å². The molecule has 0 atom stereocenters. The summed E-state index contributed by atoms with van der Waals surface area (Å²) in [5, 5.41) is 2.85. The molecule has 3 aromatic carbocycles. The van der Waals surface area contributed by atoms with Crippen molar-refractivity contribution in [3.8, 4) is 5.75 Å². The molecule has 0 heterocycles. The molecule has 4 nitrogen and oxygen atoms in total. The van der Waals surface area contributed by atoms with Gasteiger partial charge in [0.25, 0.3) is 0 Å². The fourth-order valence-electron chi connectivity index (χ4n) is 2.81. The molecular formula is C24H23NO3. The van der Waals surface area contributed by atoms with Gasteiger partial charge in [0, 0.05) is 17.5 Å². The lowest BCUT2D eigenvalue weighted by molar-refractivity contribution is -0.116. The van der Waals surface area contributed by atoms with E-state index in [9.17, 15) is 9.59 Å². The standard InChI is InChI=1S/C24H23NO3/c1-18-13-15-20(16-14-18)28-17-7-12-23(26)25-22-11-6-5-10-21(22)24(27)19-8-3-2-4-9-19/h2-6,8-11,13-16H,7,12,17H2,1H3,(H,25,26). The van der Waals surface area contributed by atoms with Gasteiger partial charge < -0.3 is 10.1 Å². The Kier molecular flexibility index (Phi) is 6.58. The average molecular weight is 373 g/mol. The second-order valence-electron chi connectivity index (χ2n) is 6.55. The van der Waals surface area contributed by atoms with Crippen LogP contribution in [0.15, 0.2) is 78.9 Å². The average Bonchev–Trinajstić information content (AvgIpc) is 2.73. The zero-order chi connectivity index (χ0) is 19.8. The van der Waals surface area contributed by atoms with Gasteiger partial charge >= 0.3 is 0 Å². The minimum Gasteiger partial charge on any atom is -0.494 e. The molecule has 0 spiro atoms. The van der Waals surface area contributed by atoms with Crippen molar-refractivity contribution in [3.05, 3.63) is 95.6 Å². The molecule has 1 amide bonds. The maximum atomic E-state index is 12.7. The predicted octanol–water partition coefficient (Wildman–Crippen LogP) is 5.02. The molecule has 28 heavy (non-hydrogen) atoms. The molecule has 0 bridgehead atoms. The first-order valence-electron chi connectivity index (χ1n) is 9.31. The number of carbonyl (C=O) groups excluding carboxylic acids is 2. The highest BCUT2D eigenvalue weighted by Gasteiger charge is 2.14. The van der Waals surface area contributed by atoms with Crippen LogP contribution in [-0.4, -0.2) is 18.3 Å². The van der Waals surface area contributed by atoms with Crippen LogP contribution in [0, 0.1) is 6.92 Å². The first-order valence-corrected chi connectivity index (χ1v) is 9.31. The third-order valence-corrected chi connectivity index (χ3v) is 4.32. The lowest BCUT2D eigenvalue weighted by atomic mass is 10.0. The zero-order valence-corrected chi connectivity index (χ0v) is 15.9. The summed E-state index contributed by atoms with van der Waals surface area (Å²) in [4.78, 5) is 25.0. The van der Waals surface area contributed by atoms with Crippen molar-refractivity contribution in [2.75, 3.05) is 11.9 Å². The monoisotopic (exact) mass is 373 g/mol. The largest absolute Gasteiger partial charge is 0.494 e. The van der Waals surface area contributed by atoms with Crippen molar-refractivity contribution in [3.63, 3.8) is 0 Å². The second-order valence-corrected chi connectivity index (χ2v) is 6.55. The molecule has 0 aliphatic carbocycles. The fraction of sp³-hybridized carbons (Fsp3) is 0.167. The SMILES string of the molecule is Cc1ccc(OCCCC(=O)Nc2ccccc2C(=O)c2ccccc2)cc1. The van der Waals surface area contributed by atoms with Crippen molar-refractivity contribution in [1.82, 2.24) is 0 Å². The topological polar surface area (TPSA) is 55.4 Å². The summed E-state index contributed by atoms with van der Waals surface area (Å²) in [5.74, 6) is 0.546. The number of benzene rings is 3. The molecule has 0 aliphatic heterocycles. The van der Waals surface area contributed by atoms with E-state index in [0.29, 0.717) is 36.3 Å². The quantitative estimate of drug-likeness (QED) is 0.445. The van der Waals surface area contributed by atoms with Gasteiger partial charge in [-0.3, -0.25) is 9.59 Å². The molecule has 3 aromatic rings. The second kappa shape index (κ2) is 9.51. The van der Waals surface area contributed by atoms with Gasteiger partial charge in [-0.25, -0.2) is 0 Å². The van der Waals surface area contributed by atoms with Gasteiger partial charge in [0.15, 0.2) is 5.78 Å². The number of anilines is 1. The fourth-order valence-corrected chi connectivity index (χ4v) is 2.81. The highest BCUT2D eigenvalue weighted by molar-refractivity contribution is 6.13. The van der Waals surface area contributed by atoms with Gasteiger partial charge in [-0.15, -0.1) is 0 Å². The Morgan fingerprint density at radius 2 is 1.54 bits per heavy atom. The molecular weight excluding hydrogens is 350 g/mol. The van der Waals surface area contributed by atoms with Gasteiger partial charge in [-0.1, -0.05) is 60.2 Å². The molecule has 0 aliphatic rings. The zero-order valence-electron chi connectivity index (χ0n) is 15.9. The summed E-state index contributed by atoms with van der Waals surface area (Å²) in [6.45, 7) is 2.48. The Labute approximate surface area is 165 Å². The maximum absolute atomic E-state index is 12.7. The van der Waals surface area contributed by atoms with Crippen LogP contribution in [0.3, 0.4) is 0 Å². The van der Waals surface area contributed by atoms with Gasteiger partial charge in [0.2, 0.25) is 5.91 Å². The van der Waals surface area contributed by atoms with Crippen LogP contribution >= 0.6 is 0 Å². The van der Waals surface area contributed by atoms with E-state index in [0.717, 1.165) is 5.75 Å². The molecule has 0 saturated carbocycles. The van der Waals surface area contributed by atoms with Crippen molar-refractivity contribution in [2.24, 2.45) is 0 Å². The number of carbonyl (C=O) groups is 2. The molecule has 0 saturated heterocycles. The lowest BCUT2D eigenvalue weighted by Gasteiger charge is -2.11. The minimum atomic E-state index is -0.138. The summed E-state index contributed by atoms with van der Waals surface area (Å²) in [6, 6.07) is 23.9. The van der Waals surface area contributed by atoms with E-state index in [1.165, 1.54) is 5.56 Å². The number of hydrogen-bond acceptors (Lipinski definition) is 3. The van der Waals surface area contributed by atoms with Crippen LogP contribution < -0.4 is 10.1 Å². The Hall–Kier alpha value is -3.40.